The lowest BCUT2D eigenvalue weighted by Gasteiger charge is -2.28. The van der Waals surface area contributed by atoms with Crippen molar-refractivity contribution in [2.24, 2.45) is 0 Å². The molecule has 1 heterocycles. The SMILES string of the molecule is COc1c(O)cc(Cl)c(C)c1CN1CCNCC1. The number of phenolic OH excluding ortho intramolecular Hbond substituents is 1. The quantitative estimate of drug-likeness (QED) is 0.879. The molecular formula is C13H19ClN2O2. The van der Waals surface area contributed by atoms with Crippen LogP contribution in [-0.2, 0) is 6.54 Å². The Morgan fingerprint density at radius 1 is 1.44 bits per heavy atom. The fourth-order valence-electron chi connectivity index (χ4n) is 2.27. The van der Waals surface area contributed by atoms with Crippen molar-refractivity contribution in [2.45, 2.75) is 13.5 Å². The van der Waals surface area contributed by atoms with E-state index in [-0.39, 0.29) is 5.75 Å². The zero-order valence-corrected chi connectivity index (χ0v) is 11.5. The molecule has 100 valence electrons. The molecule has 5 heteroatoms. The van der Waals surface area contributed by atoms with Crippen molar-refractivity contribution in [3.63, 3.8) is 0 Å². The van der Waals surface area contributed by atoms with E-state index in [0.29, 0.717) is 10.8 Å². The van der Waals surface area contributed by atoms with E-state index in [9.17, 15) is 5.11 Å². The Labute approximate surface area is 113 Å². The molecule has 0 amide bonds. The molecule has 1 fully saturated rings. The number of ether oxygens (including phenoxy) is 1. The van der Waals surface area contributed by atoms with E-state index in [4.69, 9.17) is 16.3 Å². The Kier molecular flexibility index (Phi) is 4.32. The second kappa shape index (κ2) is 5.78. The first kappa shape index (κ1) is 13.5. The molecular weight excluding hydrogens is 252 g/mol. The topological polar surface area (TPSA) is 44.7 Å². The average molecular weight is 271 g/mol. The standard InChI is InChI=1S/C13H19ClN2O2/c1-9-10(8-16-5-3-15-4-6-16)13(18-2)12(17)7-11(9)14/h7,15,17H,3-6,8H2,1-2H3. The van der Waals surface area contributed by atoms with Crippen molar-refractivity contribution in [2.75, 3.05) is 33.3 Å². The third-order valence-corrected chi connectivity index (χ3v) is 3.77. The van der Waals surface area contributed by atoms with Crippen molar-refractivity contribution >= 4 is 11.6 Å². The van der Waals surface area contributed by atoms with E-state index in [0.717, 1.165) is 43.9 Å². The molecule has 0 aromatic heterocycles. The zero-order valence-electron chi connectivity index (χ0n) is 10.8. The van der Waals surface area contributed by atoms with E-state index < -0.39 is 0 Å². The minimum atomic E-state index is 0.109. The van der Waals surface area contributed by atoms with Gasteiger partial charge in [0.15, 0.2) is 11.5 Å². The van der Waals surface area contributed by atoms with Gasteiger partial charge in [-0.1, -0.05) is 11.6 Å². The third kappa shape index (κ3) is 2.71. The van der Waals surface area contributed by atoms with Crippen LogP contribution in [0.15, 0.2) is 6.07 Å². The van der Waals surface area contributed by atoms with Crippen LogP contribution in [0.3, 0.4) is 0 Å². The van der Waals surface area contributed by atoms with Crippen LogP contribution in [0.4, 0.5) is 0 Å². The van der Waals surface area contributed by atoms with Crippen molar-refractivity contribution in [1.82, 2.24) is 10.2 Å². The Hall–Kier alpha value is -0.970. The molecule has 0 saturated carbocycles. The van der Waals surface area contributed by atoms with Gasteiger partial charge in [0.25, 0.3) is 0 Å². The third-order valence-electron chi connectivity index (χ3n) is 3.38. The van der Waals surface area contributed by atoms with Crippen molar-refractivity contribution < 1.29 is 9.84 Å². The fraction of sp³-hybridized carbons (Fsp3) is 0.538. The van der Waals surface area contributed by atoms with Gasteiger partial charge in [0.05, 0.1) is 7.11 Å². The molecule has 0 bridgehead atoms. The molecule has 1 aromatic carbocycles. The number of rotatable bonds is 3. The summed E-state index contributed by atoms with van der Waals surface area (Å²) in [7, 11) is 1.57. The average Bonchev–Trinajstić information content (AvgIpc) is 2.37. The van der Waals surface area contributed by atoms with Gasteiger partial charge in [-0.2, -0.15) is 0 Å². The van der Waals surface area contributed by atoms with E-state index in [1.165, 1.54) is 6.07 Å². The highest BCUT2D eigenvalue weighted by Gasteiger charge is 2.18. The predicted octanol–water partition coefficient (Wildman–Crippen LogP) is 1.77. The summed E-state index contributed by atoms with van der Waals surface area (Å²) in [5.41, 5.74) is 1.95. The van der Waals surface area contributed by atoms with Gasteiger partial charge in [-0.3, -0.25) is 4.90 Å². The monoisotopic (exact) mass is 270 g/mol. The van der Waals surface area contributed by atoms with Crippen LogP contribution in [0.25, 0.3) is 0 Å². The van der Waals surface area contributed by atoms with Gasteiger partial charge in [0.1, 0.15) is 0 Å². The number of nitrogens with zero attached hydrogens (tertiary/aromatic N) is 1. The maximum atomic E-state index is 9.89. The van der Waals surface area contributed by atoms with Crippen LogP contribution >= 0.6 is 11.6 Å². The van der Waals surface area contributed by atoms with Crippen LogP contribution in [-0.4, -0.2) is 43.3 Å². The number of nitrogens with one attached hydrogen (secondary N) is 1. The second-order valence-corrected chi connectivity index (χ2v) is 4.95. The van der Waals surface area contributed by atoms with E-state index in [1.54, 1.807) is 7.11 Å². The maximum Gasteiger partial charge on any atom is 0.165 e. The summed E-state index contributed by atoms with van der Waals surface area (Å²) in [6.07, 6.45) is 0. The fourth-order valence-corrected chi connectivity index (χ4v) is 2.49. The van der Waals surface area contributed by atoms with E-state index >= 15 is 0 Å². The first-order chi connectivity index (χ1) is 8.63. The predicted molar refractivity (Wildman–Crippen MR) is 72.6 cm³/mol. The lowest BCUT2D eigenvalue weighted by atomic mass is 10.1. The first-order valence-corrected chi connectivity index (χ1v) is 6.49. The minimum Gasteiger partial charge on any atom is -0.504 e. The smallest absolute Gasteiger partial charge is 0.165 e. The molecule has 1 aliphatic rings. The lowest BCUT2D eigenvalue weighted by molar-refractivity contribution is 0.229. The number of halogens is 1. The van der Waals surface area contributed by atoms with Crippen LogP contribution in [0.2, 0.25) is 5.02 Å². The molecule has 0 atom stereocenters. The summed E-state index contributed by atoms with van der Waals surface area (Å²) in [5.74, 6) is 0.647. The summed E-state index contributed by atoms with van der Waals surface area (Å²) >= 11 is 6.12. The molecule has 18 heavy (non-hydrogen) atoms. The lowest BCUT2D eigenvalue weighted by Crippen LogP contribution is -2.43. The van der Waals surface area contributed by atoms with Gasteiger partial charge >= 0.3 is 0 Å². The van der Waals surface area contributed by atoms with Crippen LogP contribution in [0.1, 0.15) is 11.1 Å². The summed E-state index contributed by atoms with van der Waals surface area (Å²) in [4.78, 5) is 2.33. The van der Waals surface area contributed by atoms with Gasteiger partial charge in [0.2, 0.25) is 0 Å². The Balaban J connectivity index is 2.29. The summed E-state index contributed by atoms with van der Waals surface area (Å²) < 4.78 is 5.30. The highest BCUT2D eigenvalue weighted by molar-refractivity contribution is 6.31. The largest absolute Gasteiger partial charge is 0.504 e. The molecule has 4 nitrogen and oxygen atoms in total. The minimum absolute atomic E-state index is 0.109. The summed E-state index contributed by atoms with van der Waals surface area (Å²) in [6.45, 7) is 6.69. The molecule has 1 saturated heterocycles. The number of phenols is 1. The summed E-state index contributed by atoms with van der Waals surface area (Å²) in [6, 6.07) is 1.54. The van der Waals surface area contributed by atoms with Crippen molar-refractivity contribution in [3.05, 3.63) is 22.2 Å². The number of hydrogen-bond donors (Lipinski definition) is 2. The highest BCUT2D eigenvalue weighted by Crippen LogP contribution is 2.37. The highest BCUT2D eigenvalue weighted by atomic mass is 35.5. The molecule has 1 aromatic rings. The molecule has 0 unspecified atom stereocenters. The Bertz CT molecular complexity index is 431. The number of aromatic hydroxyl groups is 1. The van der Waals surface area contributed by atoms with Gasteiger partial charge in [0, 0.05) is 49.4 Å². The van der Waals surface area contributed by atoms with Crippen molar-refractivity contribution in [1.29, 1.82) is 0 Å². The maximum absolute atomic E-state index is 9.89. The van der Waals surface area contributed by atoms with Crippen LogP contribution in [0.5, 0.6) is 11.5 Å². The Morgan fingerprint density at radius 3 is 2.72 bits per heavy atom. The molecule has 0 spiro atoms. The van der Waals surface area contributed by atoms with E-state index in [1.807, 2.05) is 6.92 Å². The second-order valence-electron chi connectivity index (χ2n) is 4.54. The van der Waals surface area contributed by atoms with Gasteiger partial charge in [-0.05, 0) is 12.5 Å². The number of hydrogen-bond acceptors (Lipinski definition) is 4. The number of benzene rings is 1. The van der Waals surface area contributed by atoms with Crippen LogP contribution in [0, 0.1) is 6.92 Å². The number of piperazine rings is 1. The molecule has 2 N–H and O–H groups in total. The molecule has 1 aliphatic heterocycles. The molecule has 0 aliphatic carbocycles. The Morgan fingerprint density at radius 2 is 2.11 bits per heavy atom. The van der Waals surface area contributed by atoms with Gasteiger partial charge in [-0.15, -0.1) is 0 Å². The summed E-state index contributed by atoms with van der Waals surface area (Å²) in [5, 5.41) is 13.8. The first-order valence-electron chi connectivity index (χ1n) is 6.11. The normalized spacial score (nSPS) is 16.8. The number of methoxy groups -OCH3 is 1. The molecule has 0 radical (unpaired) electrons. The van der Waals surface area contributed by atoms with Crippen molar-refractivity contribution in [3.8, 4) is 11.5 Å². The van der Waals surface area contributed by atoms with Gasteiger partial charge in [-0.25, -0.2) is 0 Å². The van der Waals surface area contributed by atoms with Gasteiger partial charge < -0.3 is 15.2 Å². The van der Waals surface area contributed by atoms with E-state index in [2.05, 4.69) is 10.2 Å². The molecule has 2 rings (SSSR count). The van der Waals surface area contributed by atoms with Crippen LogP contribution < -0.4 is 10.1 Å². The zero-order chi connectivity index (χ0) is 13.1.